The smallest absolute Gasteiger partial charge is 0.331 e. The van der Waals surface area contributed by atoms with Crippen LogP contribution in [-0.4, -0.2) is 11.1 Å². The van der Waals surface area contributed by atoms with Gasteiger partial charge >= 0.3 is 5.97 Å². The minimum absolute atomic E-state index is 0.258. The van der Waals surface area contributed by atoms with Gasteiger partial charge in [0.05, 0.1) is 0 Å². The summed E-state index contributed by atoms with van der Waals surface area (Å²) in [5.74, 6) is -0.369. The third-order valence-corrected chi connectivity index (χ3v) is 2.14. The van der Waals surface area contributed by atoms with Crippen molar-refractivity contribution in [2.45, 2.75) is 6.92 Å². The van der Waals surface area contributed by atoms with E-state index >= 15 is 0 Å². The van der Waals surface area contributed by atoms with E-state index in [-0.39, 0.29) is 5.57 Å². The lowest BCUT2D eigenvalue weighted by Crippen LogP contribution is -1.94. The Hall–Kier alpha value is -2.03. The summed E-state index contributed by atoms with van der Waals surface area (Å²) in [5, 5.41) is 9.68. The van der Waals surface area contributed by atoms with Crippen molar-refractivity contribution in [2.24, 2.45) is 0 Å². The van der Waals surface area contributed by atoms with E-state index in [2.05, 4.69) is 0 Å². The highest BCUT2D eigenvalue weighted by atomic mass is 16.4. The Morgan fingerprint density at radius 1 is 1.40 bits per heavy atom. The molecule has 1 aromatic heterocycles. The first-order valence-electron chi connectivity index (χ1n) is 4.57. The second-order valence-electron chi connectivity index (χ2n) is 3.32. The fraction of sp³-hybridized carbons (Fsp3) is 0.0833. The average Bonchev–Trinajstić information content (AvgIpc) is 2.59. The van der Waals surface area contributed by atoms with E-state index in [9.17, 15) is 4.79 Å². The number of fused-ring (bicyclic) bond motifs is 1. The van der Waals surface area contributed by atoms with Crippen LogP contribution in [0.25, 0.3) is 17.0 Å². The van der Waals surface area contributed by atoms with Gasteiger partial charge in [-0.1, -0.05) is 18.2 Å². The van der Waals surface area contributed by atoms with Gasteiger partial charge in [0, 0.05) is 11.0 Å². The van der Waals surface area contributed by atoms with Crippen molar-refractivity contribution in [3.05, 3.63) is 41.7 Å². The van der Waals surface area contributed by atoms with E-state index in [4.69, 9.17) is 9.52 Å². The molecule has 0 fully saturated rings. The summed E-state index contributed by atoms with van der Waals surface area (Å²) in [6.45, 7) is 1.54. The number of furan rings is 1. The van der Waals surface area contributed by atoms with E-state index in [1.165, 1.54) is 13.0 Å². The number of carboxylic acid groups (broad SMARTS) is 1. The first kappa shape index (κ1) is 9.52. The van der Waals surface area contributed by atoms with E-state index in [1.54, 1.807) is 0 Å². The van der Waals surface area contributed by atoms with Gasteiger partial charge < -0.3 is 9.52 Å². The maximum Gasteiger partial charge on any atom is 0.331 e. The van der Waals surface area contributed by atoms with Crippen LogP contribution < -0.4 is 0 Å². The van der Waals surface area contributed by atoms with Crippen molar-refractivity contribution in [1.82, 2.24) is 0 Å². The van der Waals surface area contributed by atoms with Crippen molar-refractivity contribution < 1.29 is 14.3 Å². The van der Waals surface area contributed by atoms with Gasteiger partial charge in [0.15, 0.2) is 0 Å². The molecule has 1 aromatic carbocycles. The first-order valence-corrected chi connectivity index (χ1v) is 4.57. The normalized spacial score (nSPS) is 11.9. The number of carboxylic acids is 1. The van der Waals surface area contributed by atoms with Gasteiger partial charge in [0.25, 0.3) is 0 Å². The Kier molecular flexibility index (Phi) is 2.29. The zero-order valence-corrected chi connectivity index (χ0v) is 8.23. The molecule has 1 N–H and O–H groups in total. The number of benzene rings is 1. The topological polar surface area (TPSA) is 50.4 Å². The Balaban J connectivity index is 2.46. The molecule has 76 valence electrons. The highest BCUT2D eigenvalue weighted by Gasteiger charge is 2.04. The third kappa shape index (κ3) is 1.91. The van der Waals surface area contributed by atoms with E-state index < -0.39 is 5.97 Å². The maximum atomic E-state index is 10.6. The lowest BCUT2D eigenvalue weighted by Gasteiger charge is -1.89. The number of carbonyl (C=O) groups is 1. The molecule has 15 heavy (non-hydrogen) atoms. The second-order valence-corrected chi connectivity index (χ2v) is 3.32. The van der Waals surface area contributed by atoms with Crippen LogP contribution in [0.3, 0.4) is 0 Å². The Morgan fingerprint density at radius 2 is 2.13 bits per heavy atom. The second kappa shape index (κ2) is 3.61. The van der Waals surface area contributed by atoms with Gasteiger partial charge in [-0.05, 0) is 25.1 Å². The molecule has 0 aliphatic carbocycles. The van der Waals surface area contributed by atoms with E-state index in [1.807, 2.05) is 30.3 Å². The Bertz CT molecular complexity index is 502. The highest BCUT2D eigenvalue weighted by molar-refractivity contribution is 5.92. The zero-order valence-electron chi connectivity index (χ0n) is 8.23. The molecular formula is C12H10O3. The molecule has 0 bridgehead atoms. The molecule has 3 heteroatoms. The molecule has 0 saturated heterocycles. The number of aliphatic carboxylic acids is 1. The molecule has 0 atom stereocenters. The lowest BCUT2D eigenvalue weighted by molar-refractivity contribution is -0.132. The monoisotopic (exact) mass is 202 g/mol. The number of hydrogen-bond acceptors (Lipinski definition) is 2. The number of para-hydroxylation sites is 1. The van der Waals surface area contributed by atoms with Crippen LogP contribution in [-0.2, 0) is 4.79 Å². The highest BCUT2D eigenvalue weighted by Crippen LogP contribution is 2.20. The molecule has 2 aromatic rings. The first-order chi connectivity index (χ1) is 7.16. The average molecular weight is 202 g/mol. The molecule has 0 aliphatic heterocycles. The van der Waals surface area contributed by atoms with Crippen molar-refractivity contribution in [3.63, 3.8) is 0 Å². The summed E-state index contributed by atoms with van der Waals surface area (Å²) in [7, 11) is 0. The molecule has 3 nitrogen and oxygen atoms in total. The molecular weight excluding hydrogens is 192 g/mol. The SMILES string of the molecule is C/C(=C\c1cc2ccccc2o1)C(=O)O. The van der Waals surface area contributed by atoms with Gasteiger partial charge in [-0.15, -0.1) is 0 Å². The minimum Gasteiger partial charge on any atom is -0.478 e. The fourth-order valence-corrected chi connectivity index (χ4v) is 1.35. The van der Waals surface area contributed by atoms with Gasteiger partial charge in [0.2, 0.25) is 0 Å². The zero-order chi connectivity index (χ0) is 10.8. The van der Waals surface area contributed by atoms with Crippen molar-refractivity contribution in [3.8, 4) is 0 Å². The van der Waals surface area contributed by atoms with Crippen LogP contribution in [0.1, 0.15) is 12.7 Å². The van der Waals surface area contributed by atoms with Crippen LogP contribution in [0.4, 0.5) is 0 Å². The van der Waals surface area contributed by atoms with Crippen LogP contribution >= 0.6 is 0 Å². The van der Waals surface area contributed by atoms with Crippen LogP contribution in [0, 0.1) is 0 Å². The molecule has 0 aliphatic rings. The van der Waals surface area contributed by atoms with Gasteiger partial charge in [-0.3, -0.25) is 0 Å². The summed E-state index contributed by atoms with van der Waals surface area (Å²) in [4.78, 5) is 10.6. The molecule has 0 spiro atoms. The van der Waals surface area contributed by atoms with Crippen molar-refractivity contribution >= 4 is 23.0 Å². The molecule has 1 heterocycles. The number of hydrogen-bond donors (Lipinski definition) is 1. The number of rotatable bonds is 2. The summed E-state index contributed by atoms with van der Waals surface area (Å²) in [5.41, 5.74) is 1.02. The summed E-state index contributed by atoms with van der Waals surface area (Å²) < 4.78 is 5.45. The maximum absolute atomic E-state index is 10.6. The Labute approximate surface area is 86.6 Å². The van der Waals surface area contributed by atoms with Gasteiger partial charge in [-0.2, -0.15) is 0 Å². The molecule has 0 saturated carbocycles. The lowest BCUT2D eigenvalue weighted by atomic mass is 10.2. The molecule has 0 radical (unpaired) electrons. The molecule has 0 amide bonds. The fourth-order valence-electron chi connectivity index (χ4n) is 1.35. The largest absolute Gasteiger partial charge is 0.478 e. The third-order valence-electron chi connectivity index (χ3n) is 2.14. The molecule has 0 unspecified atom stereocenters. The van der Waals surface area contributed by atoms with E-state index in [0.717, 1.165) is 11.0 Å². The van der Waals surface area contributed by atoms with Crippen molar-refractivity contribution in [2.75, 3.05) is 0 Å². The standard InChI is InChI=1S/C12H10O3/c1-8(12(13)14)6-10-7-9-4-2-3-5-11(9)15-10/h2-7H,1H3,(H,13,14)/b8-6+. The van der Waals surface area contributed by atoms with Crippen molar-refractivity contribution in [1.29, 1.82) is 0 Å². The van der Waals surface area contributed by atoms with Crippen LogP contribution in [0.2, 0.25) is 0 Å². The van der Waals surface area contributed by atoms with Crippen LogP contribution in [0.5, 0.6) is 0 Å². The minimum atomic E-state index is -0.935. The predicted octanol–water partition coefficient (Wildman–Crippen LogP) is 2.92. The van der Waals surface area contributed by atoms with Gasteiger partial charge in [0.1, 0.15) is 11.3 Å². The van der Waals surface area contributed by atoms with Crippen LogP contribution in [0.15, 0.2) is 40.3 Å². The predicted molar refractivity (Wildman–Crippen MR) is 57.5 cm³/mol. The summed E-state index contributed by atoms with van der Waals surface area (Å²) in [6, 6.07) is 9.38. The summed E-state index contributed by atoms with van der Waals surface area (Å²) in [6.07, 6.45) is 1.52. The quantitative estimate of drug-likeness (QED) is 0.761. The molecule has 2 rings (SSSR count). The van der Waals surface area contributed by atoms with E-state index in [0.29, 0.717) is 5.76 Å². The van der Waals surface area contributed by atoms with Gasteiger partial charge in [-0.25, -0.2) is 4.79 Å². The summed E-state index contributed by atoms with van der Waals surface area (Å²) >= 11 is 0. The Morgan fingerprint density at radius 3 is 2.80 bits per heavy atom.